The molecule has 0 saturated heterocycles. The molecule has 0 aliphatic heterocycles. The van der Waals surface area contributed by atoms with Gasteiger partial charge in [0.05, 0.1) is 12.2 Å². The number of ether oxygens (including phenoxy) is 1. The molecule has 6 heteroatoms. The topological polar surface area (TPSA) is 88.8 Å². The summed E-state index contributed by atoms with van der Waals surface area (Å²) in [6, 6.07) is 6.90. The van der Waals surface area contributed by atoms with Gasteiger partial charge in [-0.05, 0) is 25.5 Å². The van der Waals surface area contributed by atoms with Crippen LogP contribution in [0.4, 0.5) is 0 Å². The second kappa shape index (κ2) is 6.80. The van der Waals surface area contributed by atoms with Crippen LogP contribution in [0.25, 0.3) is 0 Å². The van der Waals surface area contributed by atoms with E-state index in [4.69, 9.17) is 14.3 Å². The number of furan rings is 1. The highest BCUT2D eigenvalue weighted by molar-refractivity contribution is 5.95. The van der Waals surface area contributed by atoms with Crippen LogP contribution in [0.3, 0.4) is 0 Å². The average molecular weight is 303 g/mol. The molecular weight excluding hydrogens is 286 g/mol. The maximum Gasteiger partial charge on any atom is 0.338 e. The monoisotopic (exact) mass is 303 g/mol. The fourth-order valence-electron chi connectivity index (χ4n) is 1.93. The Morgan fingerprint density at radius 1 is 1.32 bits per heavy atom. The Balaban J connectivity index is 2.05. The molecule has 1 heterocycles. The molecule has 1 amide bonds. The Bertz CT molecular complexity index is 690. The molecule has 0 radical (unpaired) electrons. The first kappa shape index (κ1) is 15.6. The van der Waals surface area contributed by atoms with Gasteiger partial charge in [-0.3, -0.25) is 4.79 Å². The summed E-state index contributed by atoms with van der Waals surface area (Å²) < 4.78 is 10.5. The number of carbonyl (C=O) groups excluding carboxylic acids is 1. The van der Waals surface area contributed by atoms with Crippen molar-refractivity contribution in [1.29, 1.82) is 0 Å². The molecule has 0 unspecified atom stereocenters. The number of hydrogen-bond acceptors (Lipinski definition) is 4. The van der Waals surface area contributed by atoms with Gasteiger partial charge in [0.15, 0.2) is 5.76 Å². The maximum absolute atomic E-state index is 12.0. The molecule has 22 heavy (non-hydrogen) atoms. The summed E-state index contributed by atoms with van der Waals surface area (Å²) in [7, 11) is 0. The molecule has 1 aromatic carbocycles. The molecular formula is C16H17NO5. The van der Waals surface area contributed by atoms with Crippen LogP contribution < -0.4 is 10.1 Å². The third-order valence-electron chi connectivity index (χ3n) is 3.03. The molecule has 1 aromatic heterocycles. The van der Waals surface area contributed by atoms with Gasteiger partial charge in [-0.1, -0.05) is 12.1 Å². The van der Waals surface area contributed by atoms with E-state index in [0.717, 1.165) is 17.4 Å². The van der Waals surface area contributed by atoms with Gasteiger partial charge in [0.25, 0.3) is 5.91 Å². The summed E-state index contributed by atoms with van der Waals surface area (Å²) >= 11 is 0. The molecule has 6 nitrogen and oxygen atoms in total. The summed E-state index contributed by atoms with van der Waals surface area (Å²) in [5.74, 6) is -0.938. The Hall–Kier alpha value is -2.76. The van der Waals surface area contributed by atoms with Crippen molar-refractivity contribution in [3.8, 4) is 5.75 Å². The van der Waals surface area contributed by atoms with Crippen LogP contribution in [0.15, 0.2) is 34.9 Å². The molecule has 2 aromatic rings. The number of benzene rings is 1. The van der Waals surface area contributed by atoms with E-state index in [1.165, 1.54) is 6.07 Å². The number of rotatable bonds is 6. The van der Waals surface area contributed by atoms with Crippen molar-refractivity contribution in [3.63, 3.8) is 0 Å². The lowest BCUT2D eigenvalue weighted by Gasteiger charge is -2.11. The zero-order chi connectivity index (χ0) is 16.1. The lowest BCUT2D eigenvalue weighted by Crippen LogP contribution is -2.22. The number of amides is 1. The predicted molar refractivity (Wildman–Crippen MR) is 79.2 cm³/mol. The third kappa shape index (κ3) is 3.66. The number of aryl methyl sites for hydroxylation is 1. The fourth-order valence-corrected chi connectivity index (χ4v) is 1.93. The van der Waals surface area contributed by atoms with E-state index in [1.54, 1.807) is 0 Å². The number of carboxylic acid groups (broad SMARTS) is 1. The van der Waals surface area contributed by atoms with Crippen LogP contribution >= 0.6 is 0 Å². The molecule has 0 aliphatic carbocycles. The van der Waals surface area contributed by atoms with Gasteiger partial charge in [-0.2, -0.15) is 0 Å². The lowest BCUT2D eigenvalue weighted by atomic mass is 10.1. The number of nitrogens with one attached hydrogen (secondary N) is 1. The summed E-state index contributed by atoms with van der Waals surface area (Å²) in [4.78, 5) is 22.7. The van der Waals surface area contributed by atoms with E-state index < -0.39 is 11.9 Å². The van der Waals surface area contributed by atoms with Gasteiger partial charge in [0.1, 0.15) is 12.0 Å². The molecule has 0 fully saturated rings. The van der Waals surface area contributed by atoms with Crippen molar-refractivity contribution in [2.75, 3.05) is 6.61 Å². The predicted octanol–water partition coefficient (Wildman–Crippen LogP) is 2.61. The van der Waals surface area contributed by atoms with Crippen molar-refractivity contribution in [3.05, 3.63) is 53.0 Å². The Kier molecular flexibility index (Phi) is 4.83. The zero-order valence-corrected chi connectivity index (χ0v) is 12.4. The zero-order valence-electron chi connectivity index (χ0n) is 12.4. The standard InChI is InChI=1S/C16H17NO5/c1-3-21-13-6-10(2)4-5-11(13)8-17-15(18)14-7-12(9-22-14)16(19)20/h4-7,9H,3,8H2,1-2H3,(H,17,18)(H,19,20). The first-order valence-corrected chi connectivity index (χ1v) is 6.83. The number of aromatic carboxylic acids is 1. The molecule has 2 N–H and O–H groups in total. The van der Waals surface area contributed by atoms with Gasteiger partial charge < -0.3 is 19.6 Å². The first-order chi connectivity index (χ1) is 10.5. The van der Waals surface area contributed by atoms with Gasteiger partial charge in [0, 0.05) is 18.2 Å². The Labute approximate surface area is 127 Å². The van der Waals surface area contributed by atoms with Crippen LogP contribution in [0.5, 0.6) is 5.75 Å². The molecule has 0 aliphatic rings. The highest BCUT2D eigenvalue weighted by Crippen LogP contribution is 2.20. The number of carboxylic acids is 1. The summed E-state index contributed by atoms with van der Waals surface area (Å²) in [5.41, 5.74) is 1.84. The smallest absolute Gasteiger partial charge is 0.338 e. The van der Waals surface area contributed by atoms with Gasteiger partial charge in [-0.15, -0.1) is 0 Å². The normalized spacial score (nSPS) is 10.3. The van der Waals surface area contributed by atoms with E-state index in [0.29, 0.717) is 12.4 Å². The largest absolute Gasteiger partial charge is 0.494 e. The van der Waals surface area contributed by atoms with Crippen LogP contribution in [0.2, 0.25) is 0 Å². The van der Waals surface area contributed by atoms with Crippen LogP contribution in [-0.2, 0) is 6.54 Å². The summed E-state index contributed by atoms with van der Waals surface area (Å²) in [5, 5.41) is 11.5. The fraction of sp³-hybridized carbons (Fsp3) is 0.250. The van der Waals surface area contributed by atoms with Crippen LogP contribution in [-0.4, -0.2) is 23.6 Å². The van der Waals surface area contributed by atoms with Gasteiger partial charge in [0.2, 0.25) is 0 Å². The van der Waals surface area contributed by atoms with Crippen molar-refractivity contribution in [1.82, 2.24) is 5.32 Å². The molecule has 116 valence electrons. The van der Waals surface area contributed by atoms with E-state index in [1.807, 2.05) is 32.0 Å². The average Bonchev–Trinajstić information content (AvgIpc) is 2.96. The Morgan fingerprint density at radius 3 is 2.73 bits per heavy atom. The third-order valence-corrected chi connectivity index (χ3v) is 3.03. The SMILES string of the molecule is CCOc1cc(C)ccc1CNC(=O)c1cc(C(=O)O)co1. The number of hydrogen-bond donors (Lipinski definition) is 2. The van der Waals surface area contributed by atoms with Crippen molar-refractivity contribution < 1.29 is 23.8 Å². The van der Waals surface area contributed by atoms with Crippen LogP contribution in [0, 0.1) is 6.92 Å². The summed E-state index contributed by atoms with van der Waals surface area (Å²) in [6.07, 6.45) is 1.04. The van der Waals surface area contributed by atoms with Crippen molar-refractivity contribution in [2.45, 2.75) is 20.4 Å². The molecule has 0 spiro atoms. The minimum absolute atomic E-state index is 0.0394. The molecule has 0 bridgehead atoms. The molecule has 2 rings (SSSR count). The van der Waals surface area contributed by atoms with Crippen molar-refractivity contribution in [2.24, 2.45) is 0 Å². The maximum atomic E-state index is 12.0. The second-order valence-corrected chi connectivity index (χ2v) is 4.73. The van der Waals surface area contributed by atoms with Crippen molar-refractivity contribution >= 4 is 11.9 Å². The van der Waals surface area contributed by atoms with E-state index >= 15 is 0 Å². The second-order valence-electron chi connectivity index (χ2n) is 4.73. The highest BCUT2D eigenvalue weighted by Gasteiger charge is 2.15. The quantitative estimate of drug-likeness (QED) is 0.856. The minimum atomic E-state index is -1.14. The lowest BCUT2D eigenvalue weighted by molar-refractivity contribution is 0.0695. The minimum Gasteiger partial charge on any atom is -0.494 e. The van der Waals surface area contributed by atoms with Gasteiger partial charge in [-0.25, -0.2) is 4.79 Å². The summed E-state index contributed by atoms with van der Waals surface area (Å²) in [6.45, 7) is 4.64. The Morgan fingerprint density at radius 2 is 2.09 bits per heavy atom. The highest BCUT2D eigenvalue weighted by atomic mass is 16.5. The molecule has 0 saturated carbocycles. The van der Waals surface area contributed by atoms with E-state index in [2.05, 4.69) is 5.32 Å². The van der Waals surface area contributed by atoms with Gasteiger partial charge >= 0.3 is 5.97 Å². The van der Waals surface area contributed by atoms with E-state index in [-0.39, 0.29) is 17.9 Å². The first-order valence-electron chi connectivity index (χ1n) is 6.83. The number of carbonyl (C=O) groups is 2. The van der Waals surface area contributed by atoms with E-state index in [9.17, 15) is 9.59 Å². The van der Waals surface area contributed by atoms with Crippen LogP contribution in [0.1, 0.15) is 39.0 Å². The molecule has 0 atom stereocenters.